The van der Waals surface area contributed by atoms with Gasteiger partial charge in [0.1, 0.15) is 0 Å². The van der Waals surface area contributed by atoms with E-state index in [9.17, 15) is 4.79 Å². The lowest BCUT2D eigenvalue weighted by atomic mass is 9.82. The Morgan fingerprint density at radius 3 is 1.34 bits per heavy atom. The van der Waals surface area contributed by atoms with Crippen LogP contribution in [0.25, 0.3) is 11.1 Å². The highest BCUT2D eigenvalue weighted by molar-refractivity contribution is 9.15. The maximum atomic E-state index is 14.4. The van der Waals surface area contributed by atoms with E-state index < -0.39 is 11.6 Å². The first-order chi connectivity index (χ1) is 26.9. The number of fused-ring (bicyclic) bond motifs is 1. The molecule has 8 rings (SSSR count). The lowest BCUT2D eigenvalue weighted by Crippen LogP contribution is -2.23. The maximum absolute atomic E-state index is 14.4. The molecule has 0 saturated carbocycles. The SMILES string of the molecule is Cc1ccc(/C(=C\C2(/C=C(/c3ccc(N4CCCC4)cc3)c3ccc(C)c(C)c3)OC(=O)c3c(Br)c(Br)c(Br)c(Br)c32)c2ccc(N3CCCC3)cc2)cc1C. The fourth-order valence-corrected chi connectivity index (χ4v) is 10.8. The average molecular weight is 1000 g/mol. The van der Waals surface area contributed by atoms with Crippen LogP contribution in [0.5, 0.6) is 0 Å². The van der Waals surface area contributed by atoms with Crippen molar-refractivity contribution in [2.75, 3.05) is 36.0 Å². The van der Waals surface area contributed by atoms with Crippen molar-refractivity contribution in [3.8, 4) is 0 Å². The summed E-state index contributed by atoms with van der Waals surface area (Å²) in [5.41, 5.74) is 13.3. The summed E-state index contributed by atoms with van der Waals surface area (Å²) in [5.74, 6) is -0.402. The van der Waals surface area contributed by atoms with Crippen molar-refractivity contribution in [3.63, 3.8) is 0 Å². The molecule has 286 valence electrons. The Labute approximate surface area is 364 Å². The van der Waals surface area contributed by atoms with Crippen molar-refractivity contribution in [2.24, 2.45) is 0 Å². The quantitative estimate of drug-likeness (QED) is 0.0881. The van der Waals surface area contributed by atoms with Crippen LogP contribution < -0.4 is 9.80 Å². The molecule has 0 radical (unpaired) electrons. The van der Waals surface area contributed by atoms with E-state index in [1.807, 2.05) is 0 Å². The molecule has 0 aliphatic carbocycles. The molecule has 0 atom stereocenters. The largest absolute Gasteiger partial charge is 0.442 e. The number of ether oxygens (including phenoxy) is 1. The second-order valence-corrected chi connectivity index (χ2v) is 18.6. The van der Waals surface area contributed by atoms with E-state index in [-0.39, 0.29) is 0 Å². The van der Waals surface area contributed by atoms with Crippen LogP contribution in [-0.2, 0) is 10.3 Å². The van der Waals surface area contributed by atoms with Crippen molar-refractivity contribution in [3.05, 3.63) is 171 Å². The van der Waals surface area contributed by atoms with Gasteiger partial charge in [-0.3, -0.25) is 0 Å². The highest BCUT2D eigenvalue weighted by atomic mass is 79.9. The zero-order valence-electron chi connectivity index (χ0n) is 32.1. The number of carbonyl (C=O) groups excluding carboxylic acids is 1. The third kappa shape index (κ3) is 7.40. The molecular weight excluding hydrogens is 956 g/mol. The molecule has 4 nitrogen and oxygen atoms in total. The number of hydrogen-bond donors (Lipinski definition) is 0. The molecule has 3 aliphatic heterocycles. The molecular formula is C48H44Br4N2O2. The fourth-order valence-electron chi connectivity index (χ4n) is 8.26. The molecule has 0 aromatic heterocycles. The number of anilines is 2. The molecule has 5 aromatic rings. The second kappa shape index (κ2) is 16.1. The van der Waals surface area contributed by atoms with Gasteiger partial charge in [-0.25, -0.2) is 4.79 Å². The Bertz CT molecular complexity index is 2280. The number of cyclic esters (lactones) is 1. The number of nitrogens with zero attached hydrogens (tertiary/aromatic N) is 2. The predicted molar refractivity (Wildman–Crippen MR) is 246 cm³/mol. The van der Waals surface area contributed by atoms with E-state index in [0.29, 0.717) is 10.0 Å². The first-order valence-electron chi connectivity index (χ1n) is 19.4. The van der Waals surface area contributed by atoms with E-state index >= 15 is 0 Å². The summed E-state index contributed by atoms with van der Waals surface area (Å²) in [5, 5.41) is 0. The lowest BCUT2D eigenvalue weighted by Gasteiger charge is -2.28. The summed E-state index contributed by atoms with van der Waals surface area (Å²) in [6.07, 6.45) is 9.21. The van der Waals surface area contributed by atoms with Crippen LogP contribution in [-0.4, -0.2) is 32.1 Å². The monoisotopic (exact) mass is 996 g/mol. The Balaban J connectivity index is 1.43. The van der Waals surface area contributed by atoms with Gasteiger partial charge in [-0.2, -0.15) is 0 Å². The van der Waals surface area contributed by atoms with Crippen molar-refractivity contribution >= 4 is 92.2 Å². The van der Waals surface area contributed by atoms with E-state index in [4.69, 9.17) is 4.74 Å². The van der Waals surface area contributed by atoms with Crippen LogP contribution in [0.15, 0.2) is 115 Å². The number of halogens is 4. The zero-order valence-corrected chi connectivity index (χ0v) is 38.5. The van der Waals surface area contributed by atoms with Crippen LogP contribution in [0.2, 0.25) is 0 Å². The molecule has 56 heavy (non-hydrogen) atoms. The van der Waals surface area contributed by atoms with E-state index in [1.54, 1.807) is 0 Å². The highest BCUT2D eigenvalue weighted by Crippen LogP contribution is 2.54. The number of carbonyl (C=O) groups is 1. The minimum Gasteiger partial charge on any atom is -0.442 e. The summed E-state index contributed by atoms with van der Waals surface area (Å²) in [6.45, 7) is 12.9. The molecule has 0 unspecified atom stereocenters. The van der Waals surface area contributed by atoms with Gasteiger partial charge < -0.3 is 14.5 Å². The summed E-state index contributed by atoms with van der Waals surface area (Å²) < 4.78 is 9.76. The highest BCUT2D eigenvalue weighted by Gasteiger charge is 2.48. The minimum atomic E-state index is -1.33. The van der Waals surface area contributed by atoms with Gasteiger partial charge >= 0.3 is 5.97 Å². The second-order valence-electron chi connectivity index (χ2n) is 15.4. The molecule has 0 N–H and O–H groups in total. The topological polar surface area (TPSA) is 32.8 Å². The normalized spacial score (nSPS) is 18.5. The van der Waals surface area contributed by atoms with Crippen LogP contribution >= 0.6 is 63.7 Å². The third-order valence-corrected chi connectivity index (χ3v) is 16.5. The summed E-state index contributed by atoms with van der Waals surface area (Å²) >= 11 is 15.3. The molecule has 5 aromatic carbocycles. The zero-order chi connectivity index (χ0) is 39.3. The van der Waals surface area contributed by atoms with Crippen molar-refractivity contribution in [1.29, 1.82) is 0 Å². The van der Waals surface area contributed by atoms with Crippen molar-refractivity contribution in [2.45, 2.75) is 59.0 Å². The minimum absolute atomic E-state index is 0.402. The third-order valence-electron chi connectivity index (χ3n) is 11.8. The Hall–Kier alpha value is -3.43. The first-order valence-corrected chi connectivity index (χ1v) is 22.5. The van der Waals surface area contributed by atoms with Crippen molar-refractivity contribution < 1.29 is 9.53 Å². The smallest absolute Gasteiger partial charge is 0.341 e. The van der Waals surface area contributed by atoms with Crippen molar-refractivity contribution in [1.82, 2.24) is 0 Å². The molecule has 3 aliphatic rings. The number of rotatable bonds is 8. The first kappa shape index (κ1) is 39.4. The van der Waals surface area contributed by atoms with Gasteiger partial charge in [0.05, 0.1) is 5.56 Å². The predicted octanol–water partition coefficient (Wildman–Crippen LogP) is 13.8. The number of esters is 1. The van der Waals surface area contributed by atoms with Gasteiger partial charge in [0.25, 0.3) is 0 Å². The maximum Gasteiger partial charge on any atom is 0.341 e. The fraction of sp³-hybridized carbons (Fsp3) is 0.271. The molecule has 2 saturated heterocycles. The molecule has 2 fully saturated rings. The lowest BCUT2D eigenvalue weighted by molar-refractivity contribution is 0.0298. The van der Waals surface area contributed by atoms with Gasteiger partial charge in [-0.15, -0.1) is 0 Å². The van der Waals surface area contributed by atoms with E-state index in [1.165, 1.54) is 59.3 Å². The number of aryl methyl sites for hydroxylation is 4. The van der Waals surface area contributed by atoms with Gasteiger partial charge in [0.2, 0.25) is 0 Å². The Kier molecular flexibility index (Phi) is 11.3. The average Bonchev–Trinajstić information content (AvgIpc) is 3.99. The van der Waals surface area contributed by atoms with Gasteiger partial charge in [0, 0.05) is 61.0 Å². The molecule has 8 heteroatoms. The Morgan fingerprint density at radius 2 is 0.929 bits per heavy atom. The number of hydrogen-bond acceptors (Lipinski definition) is 4. The molecule has 3 heterocycles. The van der Waals surface area contributed by atoms with Gasteiger partial charge in [0.15, 0.2) is 5.60 Å². The molecule has 0 bridgehead atoms. The summed E-state index contributed by atoms with van der Waals surface area (Å²) in [4.78, 5) is 19.3. The summed E-state index contributed by atoms with van der Waals surface area (Å²) in [6, 6.07) is 31.0. The number of benzene rings is 5. The van der Waals surface area contributed by atoms with Gasteiger partial charge in [-0.1, -0.05) is 60.7 Å². The van der Waals surface area contributed by atoms with E-state index in [0.717, 1.165) is 78.6 Å². The molecule has 0 amide bonds. The Morgan fingerprint density at radius 1 is 0.536 bits per heavy atom. The van der Waals surface area contributed by atoms with Gasteiger partial charge in [-0.05, 0) is 209 Å². The van der Waals surface area contributed by atoms with Crippen LogP contribution in [0.1, 0.15) is 86.1 Å². The van der Waals surface area contributed by atoms with Crippen LogP contribution in [0.3, 0.4) is 0 Å². The standard InChI is InChI=1S/C48H44Br4N2O2/c1-29-9-11-35(25-31(29)3)39(33-13-17-37(18-14-33)53-21-5-6-22-53)27-48(42-41(47(55)56-48)43(49)45(51)46(52)44(42)50)28-40(36-12-10-30(2)32(4)26-36)34-15-19-38(20-16-34)54-23-7-8-24-54/h9-20,25-28H,5-8,21-24H2,1-4H3/b39-27-,40-28-. The van der Waals surface area contributed by atoms with Crippen LogP contribution in [0.4, 0.5) is 11.4 Å². The van der Waals surface area contributed by atoms with E-state index in [2.05, 4.69) is 198 Å². The summed E-state index contributed by atoms with van der Waals surface area (Å²) in [7, 11) is 0. The molecule has 0 spiro atoms. The van der Waals surface area contributed by atoms with Crippen LogP contribution in [0, 0.1) is 27.7 Å².